The van der Waals surface area contributed by atoms with Crippen molar-refractivity contribution in [1.29, 1.82) is 0 Å². The number of unbranched alkanes of at least 4 members (excludes halogenated alkanes) is 6. The lowest BCUT2D eigenvalue weighted by Crippen LogP contribution is -2.07. The summed E-state index contributed by atoms with van der Waals surface area (Å²) in [6.07, 6.45) is 8.92. The van der Waals surface area contributed by atoms with Gasteiger partial charge in [0.2, 0.25) is 0 Å². The van der Waals surface area contributed by atoms with E-state index in [1.54, 1.807) is 78.9 Å². The van der Waals surface area contributed by atoms with Crippen molar-refractivity contribution in [2.45, 2.75) is 78.1 Å². The number of carbonyl (C=O) groups excluding carboxylic acids is 2. The highest BCUT2D eigenvalue weighted by Crippen LogP contribution is 2.29. The van der Waals surface area contributed by atoms with Gasteiger partial charge in [-0.1, -0.05) is 52.4 Å². The first kappa shape index (κ1) is 36.4. The minimum Gasteiger partial charge on any atom is -0.427 e. The summed E-state index contributed by atoms with van der Waals surface area (Å²) in [7, 11) is 0. The van der Waals surface area contributed by atoms with E-state index < -0.39 is 5.82 Å². The summed E-state index contributed by atoms with van der Waals surface area (Å²) in [5.74, 6) is -0.199. The Morgan fingerprint density at radius 2 is 0.857 bits per heavy atom. The van der Waals surface area contributed by atoms with Gasteiger partial charge in [0.25, 0.3) is 0 Å². The molecule has 0 aromatic heterocycles. The van der Waals surface area contributed by atoms with E-state index in [4.69, 9.17) is 9.47 Å². The Bertz CT molecular complexity index is 1720. The van der Waals surface area contributed by atoms with Gasteiger partial charge < -0.3 is 9.47 Å². The minimum absolute atomic E-state index is 0.0460. The van der Waals surface area contributed by atoms with Crippen LogP contribution in [0.15, 0.2) is 122 Å². The average Bonchev–Trinajstić information content (AvgIpc) is 3.11. The molecule has 254 valence electrons. The highest BCUT2D eigenvalue weighted by molar-refractivity contribution is 5.73. The minimum atomic E-state index is -0.599. The lowest BCUT2D eigenvalue weighted by molar-refractivity contribution is -0.135. The van der Waals surface area contributed by atoms with Crippen LogP contribution in [0.25, 0.3) is 0 Å². The quantitative estimate of drug-likeness (QED) is 0.0454. The van der Waals surface area contributed by atoms with Crippen LogP contribution in [0.2, 0.25) is 0 Å². The maximum atomic E-state index is 14.7. The number of carbonyl (C=O) groups is 2. The van der Waals surface area contributed by atoms with E-state index in [1.807, 2.05) is 0 Å². The van der Waals surface area contributed by atoms with Crippen LogP contribution in [-0.2, 0) is 9.59 Å². The van der Waals surface area contributed by atoms with Gasteiger partial charge in [-0.2, -0.15) is 25.6 Å². The van der Waals surface area contributed by atoms with E-state index in [1.165, 1.54) is 12.1 Å². The number of hydrogen-bond acceptors (Lipinski definition) is 10. The second-order valence-electron chi connectivity index (χ2n) is 11.3. The molecule has 0 amide bonds. The normalized spacial score (nSPS) is 11.5. The molecule has 0 aliphatic rings. The third kappa shape index (κ3) is 13.3. The Kier molecular flexibility index (Phi) is 14.9. The monoisotopic (exact) mass is 664 g/mol. The van der Waals surface area contributed by atoms with Gasteiger partial charge >= 0.3 is 11.9 Å². The third-order valence-corrected chi connectivity index (χ3v) is 7.22. The summed E-state index contributed by atoms with van der Waals surface area (Å²) >= 11 is 0. The molecule has 4 aromatic rings. The van der Waals surface area contributed by atoms with Gasteiger partial charge in [0, 0.05) is 18.9 Å². The van der Waals surface area contributed by atoms with Crippen LogP contribution in [0.4, 0.5) is 38.5 Å². The zero-order valence-electron chi connectivity index (χ0n) is 27.9. The molecule has 0 aliphatic carbocycles. The first-order chi connectivity index (χ1) is 23.9. The van der Waals surface area contributed by atoms with Gasteiger partial charge in [0.1, 0.15) is 17.2 Å². The van der Waals surface area contributed by atoms with E-state index in [0.29, 0.717) is 52.8 Å². The standard InChI is InChI=1S/C38H41FN6O4/c1-3-5-7-9-11-37(46)48-33-22-17-30(18-23-33)41-40-28-13-15-29(16-14-28)42-44-32-21-26-36(35(39)27-32)45-43-31-19-24-34(25-20-31)49-38(47)12-10-8-6-4-2/h13-27H,3-12H2,1-2H3. The average molecular weight is 665 g/mol. The molecular weight excluding hydrogens is 623 g/mol. The lowest BCUT2D eigenvalue weighted by atomic mass is 10.1. The Morgan fingerprint density at radius 1 is 0.490 bits per heavy atom. The molecule has 0 fully saturated rings. The van der Waals surface area contributed by atoms with Gasteiger partial charge in [0.05, 0.1) is 28.4 Å². The third-order valence-electron chi connectivity index (χ3n) is 7.22. The van der Waals surface area contributed by atoms with Crippen molar-refractivity contribution < 1.29 is 23.5 Å². The zero-order valence-corrected chi connectivity index (χ0v) is 27.9. The van der Waals surface area contributed by atoms with Gasteiger partial charge in [0.15, 0.2) is 5.82 Å². The molecule has 10 nitrogen and oxygen atoms in total. The number of benzene rings is 4. The zero-order chi connectivity index (χ0) is 34.7. The van der Waals surface area contributed by atoms with Crippen molar-refractivity contribution in [3.63, 3.8) is 0 Å². The van der Waals surface area contributed by atoms with Crippen molar-refractivity contribution >= 4 is 46.1 Å². The maximum absolute atomic E-state index is 14.7. The molecule has 49 heavy (non-hydrogen) atoms. The molecule has 0 bridgehead atoms. The topological polar surface area (TPSA) is 127 Å². The number of rotatable bonds is 18. The van der Waals surface area contributed by atoms with Gasteiger partial charge in [-0.25, -0.2) is 4.39 Å². The SMILES string of the molecule is CCCCCCC(=O)Oc1ccc(N=Nc2ccc(N=Nc3ccc(N=Nc4ccc(OC(=O)CCCCCC)cc4)c(F)c3)cc2)cc1. The van der Waals surface area contributed by atoms with E-state index >= 15 is 0 Å². The lowest BCUT2D eigenvalue weighted by Gasteiger charge is -2.04. The fraction of sp³-hybridized carbons (Fsp3) is 0.316. The van der Waals surface area contributed by atoms with Crippen LogP contribution in [0.5, 0.6) is 11.5 Å². The smallest absolute Gasteiger partial charge is 0.311 e. The number of hydrogen-bond donors (Lipinski definition) is 0. The molecule has 0 aliphatic heterocycles. The molecule has 0 saturated carbocycles. The van der Waals surface area contributed by atoms with Crippen LogP contribution in [0.1, 0.15) is 78.1 Å². The second kappa shape index (κ2) is 20.0. The van der Waals surface area contributed by atoms with Crippen molar-refractivity contribution in [2.24, 2.45) is 30.7 Å². The highest BCUT2D eigenvalue weighted by Gasteiger charge is 2.07. The van der Waals surface area contributed by atoms with Crippen molar-refractivity contribution in [3.05, 3.63) is 96.8 Å². The summed E-state index contributed by atoms with van der Waals surface area (Å²) < 4.78 is 25.4. The van der Waals surface area contributed by atoms with Gasteiger partial charge in [-0.15, -0.1) is 5.11 Å². The fourth-order valence-corrected chi connectivity index (χ4v) is 4.49. The molecule has 0 atom stereocenters. The highest BCUT2D eigenvalue weighted by atomic mass is 19.1. The fourth-order valence-electron chi connectivity index (χ4n) is 4.49. The van der Waals surface area contributed by atoms with Gasteiger partial charge in [-0.05, 0) is 97.8 Å². The molecule has 4 aromatic carbocycles. The Labute approximate surface area is 286 Å². The molecule has 0 N–H and O–H groups in total. The predicted octanol–water partition coefficient (Wildman–Crippen LogP) is 12.8. The van der Waals surface area contributed by atoms with Crippen molar-refractivity contribution in [2.75, 3.05) is 0 Å². The molecule has 0 saturated heterocycles. The Morgan fingerprint density at radius 3 is 1.27 bits per heavy atom. The molecule has 0 heterocycles. The van der Waals surface area contributed by atoms with Crippen molar-refractivity contribution in [1.82, 2.24) is 0 Å². The molecule has 0 radical (unpaired) electrons. The summed E-state index contributed by atoms with van der Waals surface area (Å²) in [5, 5.41) is 24.8. The van der Waals surface area contributed by atoms with E-state index in [0.717, 1.165) is 51.4 Å². The first-order valence-corrected chi connectivity index (χ1v) is 16.7. The van der Waals surface area contributed by atoms with Crippen LogP contribution in [-0.4, -0.2) is 11.9 Å². The maximum Gasteiger partial charge on any atom is 0.311 e. The van der Waals surface area contributed by atoms with E-state index in [2.05, 4.69) is 44.5 Å². The predicted molar refractivity (Wildman–Crippen MR) is 187 cm³/mol. The van der Waals surface area contributed by atoms with Crippen LogP contribution in [0, 0.1) is 5.82 Å². The summed E-state index contributed by atoms with van der Waals surface area (Å²) in [5.41, 5.74) is 2.61. The molecule has 4 rings (SSSR count). The van der Waals surface area contributed by atoms with Crippen molar-refractivity contribution in [3.8, 4) is 11.5 Å². The Hall–Kier alpha value is -5.45. The number of nitrogens with zero attached hydrogens (tertiary/aromatic N) is 6. The summed E-state index contributed by atoms with van der Waals surface area (Å²) in [4.78, 5) is 23.9. The van der Waals surface area contributed by atoms with Crippen LogP contribution in [0.3, 0.4) is 0 Å². The molecular formula is C38H41FN6O4. The number of ether oxygens (including phenoxy) is 2. The van der Waals surface area contributed by atoms with Crippen LogP contribution >= 0.6 is 0 Å². The van der Waals surface area contributed by atoms with Crippen LogP contribution < -0.4 is 9.47 Å². The largest absolute Gasteiger partial charge is 0.427 e. The summed E-state index contributed by atoms with van der Waals surface area (Å²) in [6, 6.07) is 24.6. The molecule has 0 spiro atoms. The first-order valence-electron chi connectivity index (χ1n) is 16.7. The second-order valence-corrected chi connectivity index (χ2v) is 11.3. The van der Waals surface area contributed by atoms with Gasteiger partial charge in [-0.3, -0.25) is 9.59 Å². The molecule has 0 unspecified atom stereocenters. The number of azo groups is 3. The van der Waals surface area contributed by atoms with E-state index in [-0.39, 0.29) is 17.6 Å². The number of halogens is 1. The van der Waals surface area contributed by atoms with E-state index in [9.17, 15) is 14.0 Å². The summed E-state index contributed by atoms with van der Waals surface area (Å²) in [6.45, 7) is 4.25. The Balaban J connectivity index is 1.24. The molecule has 11 heteroatoms. The number of esters is 2.